The fraction of sp³-hybridized carbons (Fsp3) is 0.533. The Morgan fingerprint density at radius 1 is 1.32 bits per heavy atom. The maximum absolute atomic E-state index is 4.86. The molecule has 2 heterocycles. The van der Waals surface area contributed by atoms with Gasteiger partial charge in [0, 0.05) is 12.5 Å². The van der Waals surface area contributed by atoms with Gasteiger partial charge < -0.3 is 9.47 Å². The number of rotatable bonds is 3. The number of imidazole rings is 1. The summed E-state index contributed by atoms with van der Waals surface area (Å²) in [6, 6.07) is 8.46. The van der Waals surface area contributed by atoms with E-state index in [0.717, 1.165) is 25.3 Å². The number of nitrogens with zero attached hydrogens (tertiary/aromatic N) is 4. The van der Waals surface area contributed by atoms with Crippen molar-refractivity contribution in [1.29, 1.82) is 0 Å². The van der Waals surface area contributed by atoms with Crippen LogP contribution in [0.4, 0.5) is 0 Å². The lowest BCUT2D eigenvalue weighted by Gasteiger charge is -2.31. The quantitative estimate of drug-likeness (QED) is 0.841. The van der Waals surface area contributed by atoms with Crippen molar-refractivity contribution < 1.29 is 0 Å². The van der Waals surface area contributed by atoms with Crippen molar-refractivity contribution in [2.45, 2.75) is 19.0 Å². The molecule has 1 unspecified atom stereocenters. The number of para-hydroxylation sites is 2. The first-order valence-electron chi connectivity index (χ1n) is 6.93. The number of benzene rings is 1. The van der Waals surface area contributed by atoms with Gasteiger partial charge in [-0.25, -0.2) is 4.98 Å². The number of hydrogen-bond acceptors (Lipinski definition) is 3. The standard InChI is InChI=1S/C15H22N4/c1-17(2)9-8-12-10-18(3)11-19-14-7-5-4-6-13(14)16-15(12)19/h4-7,12H,8-11H2,1-3H3. The van der Waals surface area contributed by atoms with Gasteiger partial charge in [0.25, 0.3) is 0 Å². The summed E-state index contributed by atoms with van der Waals surface area (Å²) in [7, 11) is 6.46. The highest BCUT2D eigenvalue weighted by molar-refractivity contribution is 5.76. The minimum Gasteiger partial charge on any atom is -0.314 e. The Bertz CT molecular complexity index is 573. The minimum atomic E-state index is 0.536. The predicted molar refractivity (Wildman–Crippen MR) is 78.3 cm³/mol. The van der Waals surface area contributed by atoms with Gasteiger partial charge in [-0.05, 0) is 46.2 Å². The Labute approximate surface area is 114 Å². The van der Waals surface area contributed by atoms with E-state index >= 15 is 0 Å². The summed E-state index contributed by atoms with van der Waals surface area (Å²) >= 11 is 0. The Hall–Kier alpha value is -1.39. The second kappa shape index (κ2) is 4.94. The third kappa shape index (κ3) is 2.38. The molecule has 1 aromatic heterocycles. The maximum Gasteiger partial charge on any atom is 0.115 e. The molecule has 0 amide bonds. The van der Waals surface area contributed by atoms with E-state index < -0.39 is 0 Å². The molecule has 3 rings (SSSR count). The van der Waals surface area contributed by atoms with Gasteiger partial charge in [0.1, 0.15) is 5.82 Å². The Balaban J connectivity index is 1.98. The monoisotopic (exact) mass is 258 g/mol. The third-order valence-electron chi connectivity index (χ3n) is 3.89. The normalized spacial score (nSPS) is 20.1. The number of fused-ring (bicyclic) bond motifs is 3. The fourth-order valence-corrected chi connectivity index (χ4v) is 2.95. The van der Waals surface area contributed by atoms with Crippen LogP contribution in [0.25, 0.3) is 11.0 Å². The van der Waals surface area contributed by atoms with Crippen LogP contribution in [-0.4, -0.2) is 53.6 Å². The molecule has 0 N–H and O–H groups in total. The van der Waals surface area contributed by atoms with Gasteiger partial charge in [0.15, 0.2) is 0 Å². The van der Waals surface area contributed by atoms with Crippen molar-refractivity contribution in [3.63, 3.8) is 0 Å². The first-order chi connectivity index (χ1) is 9.15. The van der Waals surface area contributed by atoms with Crippen LogP contribution in [0.2, 0.25) is 0 Å². The van der Waals surface area contributed by atoms with Crippen molar-refractivity contribution >= 4 is 11.0 Å². The van der Waals surface area contributed by atoms with E-state index in [-0.39, 0.29) is 0 Å². The highest BCUT2D eigenvalue weighted by atomic mass is 15.3. The van der Waals surface area contributed by atoms with Crippen LogP contribution < -0.4 is 0 Å². The van der Waals surface area contributed by atoms with Gasteiger partial charge in [0.2, 0.25) is 0 Å². The lowest BCUT2D eigenvalue weighted by atomic mass is 10.0. The zero-order valence-electron chi connectivity index (χ0n) is 12.0. The summed E-state index contributed by atoms with van der Waals surface area (Å²) in [5, 5.41) is 0. The van der Waals surface area contributed by atoms with E-state index in [2.05, 4.69) is 59.8 Å². The van der Waals surface area contributed by atoms with Crippen LogP contribution in [0, 0.1) is 0 Å². The zero-order chi connectivity index (χ0) is 13.4. The van der Waals surface area contributed by atoms with Gasteiger partial charge in [-0.1, -0.05) is 12.1 Å². The summed E-state index contributed by atoms with van der Waals surface area (Å²) in [4.78, 5) is 9.51. The van der Waals surface area contributed by atoms with Crippen molar-refractivity contribution in [3.05, 3.63) is 30.1 Å². The van der Waals surface area contributed by atoms with E-state index in [1.807, 2.05) is 0 Å². The Kier molecular flexibility index (Phi) is 3.29. The first-order valence-corrected chi connectivity index (χ1v) is 6.93. The summed E-state index contributed by atoms with van der Waals surface area (Å²) in [5.74, 6) is 1.80. The second-order valence-electron chi connectivity index (χ2n) is 5.86. The molecule has 1 atom stereocenters. The van der Waals surface area contributed by atoms with Crippen LogP contribution >= 0.6 is 0 Å². The van der Waals surface area contributed by atoms with Crippen LogP contribution in [0.1, 0.15) is 18.2 Å². The molecule has 0 bridgehead atoms. The topological polar surface area (TPSA) is 24.3 Å². The molecule has 0 spiro atoms. The van der Waals surface area contributed by atoms with Gasteiger partial charge >= 0.3 is 0 Å². The average molecular weight is 258 g/mol. The number of aromatic nitrogens is 2. The molecular weight excluding hydrogens is 236 g/mol. The number of hydrogen-bond donors (Lipinski definition) is 0. The highest BCUT2D eigenvalue weighted by Crippen LogP contribution is 2.29. The maximum atomic E-state index is 4.86. The van der Waals surface area contributed by atoms with E-state index in [1.54, 1.807) is 0 Å². The Morgan fingerprint density at radius 2 is 2.11 bits per heavy atom. The Morgan fingerprint density at radius 3 is 2.89 bits per heavy atom. The van der Waals surface area contributed by atoms with E-state index in [4.69, 9.17) is 4.98 Å². The predicted octanol–water partition coefficient (Wildman–Crippen LogP) is 1.97. The summed E-state index contributed by atoms with van der Waals surface area (Å²) < 4.78 is 2.37. The second-order valence-corrected chi connectivity index (χ2v) is 5.86. The smallest absolute Gasteiger partial charge is 0.115 e. The van der Waals surface area contributed by atoms with Crippen molar-refractivity contribution in [2.75, 3.05) is 34.2 Å². The molecule has 0 saturated carbocycles. The molecule has 0 aliphatic carbocycles. The molecular formula is C15H22N4. The molecule has 0 radical (unpaired) electrons. The average Bonchev–Trinajstić information content (AvgIpc) is 2.75. The first kappa shape index (κ1) is 12.6. The fourth-order valence-electron chi connectivity index (χ4n) is 2.95. The summed E-state index contributed by atoms with van der Waals surface area (Å²) in [6.07, 6.45) is 1.17. The van der Waals surface area contributed by atoms with Crippen LogP contribution in [0.3, 0.4) is 0 Å². The molecule has 19 heavy (non-hydrogen) atoms. The molecule has 0 saturated heterocycles. The molecule has 1 aromatic carbocycles. The molecule has 4 nitrogen and oxygen atoms in total. The van der Waals surface area contributed by atoms with Gasteiger partial charge in [-0.15, -0.1) is 0 Å². The van der Waals surface area contributed by atoms with E-state index in [1.165, 1.54) is 17.8 Å². The lowest BCUT2D eigenvalue weighted by molar-refractivity contribution is 0.201. The minimum absolute atomic E-state index is 0.536. The number of likely N-dealkylation sites (N-methyl/N-ethyl adjacent to an activating group) is 1. The summed E-state index contributed by atoms with van der Waals surface area (Å²) in [5.41, 5.74) is 2.39. The molecule has 2 aromatic rings. The molecule has 0 fully saturated rings. The van der Waals surface area contributed by atoms with Crippen molar-refractivity contribution in [2.24, 2.45) is 0 Å². The lowest BCUT2D eigenvalue weighted by Crippen LogP contribution is -2.35. The van der Waals surface area contributed by atoms with Crippen LogP contribution in [0.5, 0.6) is 0 Å². The molecule has 1 aliphatic rings. The third-order valence-corrected chi connectivity index (χ3v) is 3.89. The van der Waals surface area contributed by atoms with Gasteiger partial charge in [-0.3, -0.25) is 4.90 Å². The van der Waals surface area contributed by atoms with Gasteiger partial charge in [0.05, 0.1) is 17.7 Å². The highest BCUT2D eigenvalue weighted by Gasteiger charge is 2.26. The van der Waals surface area contributed by atoms with Crippen molar-refractivity contribution in [3.8, 4) is 0 Å². The SMILES string of the molecule is CN(C)CCC1CN(C)Cn2c1nc1ccccc12. The summed E-state index contributed by atoms with van der Waals surface area (Å²) in [6.45, 7) is 3.17. The molecule has 4 heteroatoms. The molecule has 102 valence electrons. The largest absolute Gasteiger partial charge is 0.314 e. The zero-order valence-corrected chi connectivity index (χ0v) is 12.0. The van der Waals surface area contributed by atoms with Crippen LogP contribution in [0.15, 0.2) is 24.3 Å². The van der Waals surface area contributed by atoms with E-state index in [0.29, 0.717) is 5.92 Å². The van der Waals surface area contributed by atoms with Crippen LogP contribution in [-0.2, 0) is 6.67 Å². The molecule has 1 aliphatic heterocycles. The van der Waals surface area contributed by atoms with Gasteiger partial charge in [-0.2, -0.15) is 0 Å². The van der Waals surface area contributed by atoms with Crippen molar-refractivity contribution in [1.82, 2.24) is 19.4 Å². The van der Waals surface area contributed by atoms with E-state index in [9.17, 15) is 0 Å².